The molecule has 1 aromatic carbocycles. The molecule has 0 aliphatic heterocycles. The van der Waals surface area contributed by atoms with Gasteiger partial charge < -0.3 is 9.26 Å². The van der Waals surface area contributed by atoms with Crippen molar-refractivity contribution in [1.29, 1.82) is 0 Å². The van der Waals surface area contributed by atoms with Gasteiger partial charge in [0.05, 0.1) is 23.8 Å². The lowest BCUT2D eigenvalue weighted by Gasteiger charge is -2.07. The molecule has 0 unspecified atom stereocenters. The summed E-state index contributed by atoms with van der Waals surface area (Å²) in [6.45, 7) is -0.0123. The predicted molar refractivity (Wildman–Crippen MR) is 103 cm³/mol. The largest absolute Gasteiger partial charge is 0.464 e. The van der Waals surface area contributed by atoms with Gasteiger partial charge >= 0.3 is 5.97 Å². The number of hydrogen-bond acceptors (Lipinski definition) is 8. The van der Waals surface area contributed by atoms with Crippen molar-refractivity contribution in [2.24, 2.45) is 0 Å². The Bertz CT molecular complexity index is 1190. The van der Waals surface area contributed by atoms with Crippen LogP contribution >= 0.6 is 0 Å². The summed E-state index contributed by atoms with van der Waals surface area (Å²) < 4.78 is 11.6. The molecule has 0 bridgehead atoms. The minimum Gasteiger partial charge on any atom is -0.464 e. The molecule has 0 fully saturated rings. The monoisotopic (exact) mass is 391 g/mol. The topological polar surface area (TPSA) is 113 Å². The third kappa shape index (κ3) is 4.34. The van der Waals surface area contributed by atoms with Crippen LogP contribution in [0.15, 0.2) is 64.4 Å². The Morgan fingerprint density at radius 2 is 2.07 bits per heavy atom. The molecule has 0 saturated carbocycles. The first-order chi connectivity index (χ1) is 14.2. The molecule has 4 rings (SSSR count). The maximum absolute atomic E-state index is 12.4. The number of carbonyl (C=O) groups is 1. The van der Waals surface area contributed by atoms with Crippen LogP contribution in [-0.2, 0) is 22.5 Å². The molecule has 9 nitrogen and oxygen atoms in total. The van der Waals surface area contributed by atoms with Gasteiger partial charge in [-0.2, -0.15) is 4.98 Å². The van der Waals surface area contributed by atoms with Gasteiger partial charge in [0.1, 0.15) is 6.54 Å². The number of rotatable bonds is 7. The average molecular weight is 391 g/mol. The number of fused-ring (bicyclic) bond motifs is 1. The molecule has 3 heterocycles. The summed E-state index contributed by atoms with van der Waals surface area (Å²) in [6, 6.07) is 10.6. The second-order valence-corrected chi connectivity index (χ2v) is 6.27. The van der Waals surface area contributed by atoms with E-state index >= 15 is 0 Å². The number of aryl methyl sites for hydroxylation is 1. The van der Waals surface area contributed by atoms with Gasteiger partial charge in [-0.3, -0.25) is 19.1 Å². The minimum absolute atomic E-state index is 0.180. The minimum atomic E-state index is -0.509. The number of pyridine rings is 1. The number of nitrogens with zero attached hydrogens (tertiary/aromatic N) is 5. The Morgan fingerprint density at radius 1 is 1.17 bits per heavy atom. The third-order valence-corrected chi connectivity index (χ3v) is 4.22. The fourth-order valence-corrected chi connectivity index (χ4v) is 2.78. The van der Waals surface area contributed by atoms with E-state index in [1.54, 1.807) is 42.7 Å². The highest BCUT2D eigenvalue weighted by Gasteiger charge is 2.11. The van der Waals surface area contributed by atoms with Crippen LogP contribution in [0.3, 0.4) is 0 Å². The van der Waals surface area contributed by atoms with Crippen molar-refractivity contribution in [3.8, 4) is 11.4 Å². The summed E-state index contributed by atoms with van der Waals surface area (Å²) in [5, 5.41) is 4.37. The zero-order valence-electron chi connectivity index (χ0n) is 15.4. The Kier molecular flexibility index (Phi) is 5.37. The van der Waals surface area contributed by atoms with Crippen LogP contribution in [0.1, 0.15) is 12.3 Å². The molecular weight excluding hydrogens is 374 g/mol. The van der Waals surface area contributed by atoms with Crippen LogP contribution in [0.25, 0.3) is 22.3 Å². The van der Waals surface area contributed by atoms with E-state index in [0.717, 1.165) is 5.56 Å². The van der Waals surface area contributed by atoms with E-state index < -0.39 is 5.97 Å². The molecule has 0 spiro atoms. The van der Waals surface area contributed by atoms with Gasteiger partial charge in [-0.15, -0.1) is 0 Å². The lowest BCUT2D eigenvalue weighted by molar-refractivity contribution is -0.144. The number of carbonyl (C=O) groups excluding carboxylic acids is 1. The van der Waals surface area contributed by atoms with Crippen LogP contribution in [0.4, 0.5) is 0 Å². The molecule has 0 N–H and O–H groups in total. The SMILES string of the molecule is O=C(Cn1cnc2ccccc2c1=O)OCCCc1nc(-c2cccnc2)no1. The molecule has 3 aromatic heterocycles. The van der Waals surface area contributed by atoms with Crippen molar-refractivity contribution in [3.05, 3.63) is 71.4 Å². The highest BCUT2D eigenvalue weighted by Crippen LogP contribution is 2.14. The Labute approximate surface area is 165 Å². The van der Waals surface area contributed by atoms with Crippen LogP contribution in [-0.4, -0.2) is 37.3 Å². The number of hydrogen-bond donors (Lipinski definition) is 0. The summed E-state index contributed by atoms with van der Waals surface area (Å²) in [7, 11) is 0. The highest BCUT2D eigenvalue weighted by atomic mass is 16.5. The normalized spacial score (nSPS) is 10.9. The van der Waals surface area contributed by atoms with Crippen LogP contribution in [0.2, 0.25) is 0 Å². The summed E-state index contributed by atoms with van der Waals surface area (Å²) in [5.41, 5.74) is 1.08. The molecule has 4 aromatic rings. The van der Waals surface area contributed by atoms with E-state index in [1.165, 1.54) is 10.9 Å². The molecule has 29 heavy (non-hydrogen) atoms. The van der Waals surface area contributed by atoms with Crippen molar-refractivity contribution >= 4 is 16.9 Å². The maximum Gasteiger partial charge on any atom is 0.326 e. The Morgan fingerprint density at radius 3 is 2.93 bits per heavy atom. The number of ether oxygens (including phenoxy) is 1. The van der Waals surface area contributed by atoms with Gasteiger partial charge in [-0.25, -0.2) is 4.98 Å². The zero-order chi connectivity index (χ0) is 20.1. The summed E-state index contributed by atoms with van der Waals surface area (Å²) in [4.78, 5) is 36.9. The van der Waals surface area contributed by atoms with E-state index in [9.17, 15) is 9.59 Å². The van der Waals surface area contributed by atoms with E-state index in [2.05, 4.69) is 20.1 Å². The first-order valence-corrected chi connectivity index (χ1v) is 9.03. The van der Waals surface area contributed by atoms with E-state index in [0.29, 0.717) is 35.5 Å². The first kappa shape index (κ1) is 18.5. The van der Waals surface area contributed by atoms with E-state index in [-0.39, 0.29) is 18.7 Å². The lowest BCUT2D eigenvalue weighted by atomic mass is 10.2. The quantitative estimate of drug-likeness (QED) is 0.347. The molecular formula is C20H17N5O4. The molecule has 0 radical (unpaired) electrons. The Balaban J connectivity index is 1.27. The first-order valence-electron chi connectivity index (χ1n) is 9.03. The number of para-hydroxylation sites is 1. The zero-order valence-corrected chi connectivity index (χ0v) is 15.4. The number of benzene rings is 1. The van der Waals surface area contributed by atoms with E-state index in [1.807, 2.05) is 6.07 Å². The lowest BCUT2D eigenvalue weighted by Crippen LogP contribution is -2.25. The standard InChI is InChI=1S/C20H17N5O4/c26-18(12-25-13-22-16-7-2-1-6-15(16)20(25)27)28-10-4-8-17-23-19(24-29-17)14-5-3-9-21-11-14/h1-3,5-7,9,11,13H,4,8,10,12H2. The summed E-state index contributed by atoms with van der Waals surface area (Å²) >= 11 is 0. The highest BCUT2D eigenvalue weighted by molar-refractivity contribution is 5.77. The van der Waals surface area contributed by atoms with Gasteiger partial charge in [-0.05, 0) is 30.7 Å². The fraction of sp³-hybridized carbons (Fsp3) is 0.200. The van der Waals surface area contributed by atoms with Gasteiger partial charge in [0.15, 0.2) is 0 Å². The summed E-state index contributed by atoms with van der Waals surface area (Å²) in [5.74, 6) is 0.411. The predicted octanol–water partition coefficient (Wildman–Crippen LogP) is 2.02. The van der Waals surface area contributed by atoms with Crippen LogP contribution in [0.5, 0.6) is 0 Å². The number of aromatic nitrogens is 5. The molecule has 0 aliphatic carbocycles. The molecule has 0 atom stereocenters. The van der Waals surface area contributed by atoms with E-state index in [4.69, 9.17) is 9.26 Å². The fourth-order valence-electron chi connectivity index (χ4n) is 2.78. The van der Waals surface area contributed by atoms with Crippen LogP contribution in [0, 0.1) is 0 Å². The molecule has 0 aliphatic rings. The van der Waals surface area contributed by atoms with Crippen molar-refractivity contribution in [1.82, 2.24) is 24.7 Å². The number of esters is 1. The van der Waals surface area contributed by atoms with Crippen LogP contribution < -0.4 is 5.56 Å². The third-order valence-electron chi connectivity index (χ3n) is 4.22. The van der Waals surface area contributed by atoms with Gasteiger partial charge in [0, 0.05) is 24.4 Å². The smallest absolute Gasteiger partial charge is 0.326 e. The maximum atomic E-state index is 12.4. The van der Waals surface area contributed by atoms with Crippen molar-refractivity contribution in [2.45, 2.75) is 19.4 Å². The van der Waals surface area contributed by atoms with Crippen molar-refractivity contribution in [2.75, 3.05) is 6.61 Å². The van der Waals surface area contributed by atoms with Gasteiger partial charge in [0.2, 0.25) is 11.7 Å². The van der Waals surface area contributed by atoms with Gasteiger partial charge in [0.25, 0.3) is 5.56 Å². The molecule has 0 amide bonds. The van der Waals surface area contributed by atoms with Crippen molar-refractivity contribution in [3.63, 3.8) is 0 Å². The molecule has 0 saturated heterocycles. The average Bonchev–Trinajstić information content (AvgIpc) is 3.23. The molecule has 9 heteroatoms. The molecule has 146 valence electrons. The Hall–Kier alpha value is -3.88. The van der Waals surface area contributed by atoms with Gasteiger partial charge in [-0.1, -0.05) is 17.3 Å². The van der Waals surface area contributed by atoms with Crippen molar-refractivity contribution < 1.29 is 14.1 Å². The second-order valence-electron chi connectivity index (χ2n) is 6.27. The summed E-state index contributed by atoms with van der Waals surface area (Å²) in [6.07, 6.45) is 5.66. The second kappa shape index (κ2) is 8.42.